The van der Waals surface area contributed by atoms with Crippen molar-refractivity contribution in [2.24, 2.45) is 0 Å². The SMILES string of the molecule is C[C@H]1CN(Cc2ccc(C#N)cc2)C(=O)c2cc(-c3c(N)cc(Cl)cc3CO)nn21. The molecule has 30 heavy (non-hydrogen) atoms. The number of fused-ring (bicyclic) bond motifs is 1. The lowest BCUT2D eigenvalue weighted by atomic mass is 10.0. The van der Waals surface area contributed by atoms with E-state index in [1.54, 1.807) is 39.9 Å². The summed E-state index contributed by atoms with van der Waals surface area (Å²) in [4.78, 5) is 14.9. The van der Waals surface area contributed by atoms with E-state index in [0.29, 0.717) is 51.9 Å². The Morgan fingerprint density at radius 1 is 1.30 bits per heavy atom. The van der Waals surface area contributed by atoms with Crippen LogP contribution >= 0.6 is 11.6 Å². The molecule has 3 aromatic rings. The highest BCUT2D eigenvalue weighted by Crippen LogP contribution is 2.34. The van der Waals surface area contributed by atoms with Crippen molar-refractivity contribution in [1.82, 2.24) is 14.7 Å². The predicted octanol–water partition coefficient (Wildman–Crippen LogP) is 3.37. The number of amides is 1. The van der Waals surface area contributed by atoms with Crippen molar-refractivity contribution in [1.29, 1.82) is 5.26 Å². The van der Waals surface area contributed by atoms with E-state index in [9.17, 15) is 9.90 Å². The minimum atomic E-state index is -0.239. The molecule has 0 spiro atoms. The second-order valence-corrected chi connectivity index (χ2v) is 7.83. The summed E-state index contributed by atoms with van der Waals surface area (Å²) in [5, 5.41) is 23.7. The fourth-order valence-electron chi connectivity index (χ4n) is 3.82. The van der Waals surface area contributed by atoms with Gasteiger partial charge in [0.2, 0.25) is 0 Å². The van der Waals surface area contributed by atoms with Crippen molar-refractivity contribution in [2.75, 3.05) is 12.3 Å². The molecular formula is C22H20ClN5O2. The van der Waals surface area contributed by atoms with Gasteiger partial charge in [-0.3, -0.25) is 9.48 Å². The number of aromatic nitrogens is 2. The summed E-state index contributed by atoms with van der Waals surface area (Å²) in [5.74, 6) is -0.130. The lowest BCUT2D eigenvalue weighted by Crippen LogP contribution is -2.41. The van der Waals surface area contributed by atoms with Crippen molar-refractivity contribution in [2.45, 2.75) is 26.1 Å². The van der Waals surface area contributed by atoms with Gasteiger partial charge in [0.25, 0.3) is 5.91 Å². The van der Waals surface area contributed by atoms with Crippen LogP contribution in [0.15, 0.2) is 42.5 Å². The van der Waals surface area contributed by atoms with Crippen LogP contribution in [0.5, 0.6) is 0 Å². The van der Waals surface area contributed by atoms with E-state index in [2.05, 4.69) is 11.2 Å². The summed E-state index contributed by atoms with van der Waals surface area (Å²) in [5.41, 5.74) is 10.2. The Morgan fingerprint density at radius 2 is 2.03 bits per heavy atom. The van der Waals surface area contributed by atoms with Gasteiger partial charge in [0.05, 0.1) is 30.0 Å². The van der Waals surface area contributed by atoms with Gasteiger partial charge >= 0.3 is 0 Å². The maximum absolute atomic E-state index is 13.1. The molecule has 0 unspecified atom stereocenters. The van der Waals surface area contributed by atoms with Crippen LogP contribution in [0.2, 0.25) is 5.02 Å². The van der Waals surface area contributed by atoms with Crippen molar-refractivity contribution < 1.29 is 9.90 Å². The van der Waals surface area contributed by atoms with E-state index >= 15 is 0 Å². The van der Waals surface area contributed by atoms with Crippen LogP contribution in [0.25, 0.3) is 11.3 Å². The van der Waals surface area contributed by atoms with Crippen molar-refractivity contribution >= 4 is 23.2 Å². The first-order chi connectivity index (χ1) is 14.4. The van der Waals surface area contributed by atoms with Gasteiger partial charge in [-0.05, 0) is 48.4 Å². The summed E-state index contributed by atoms with van der Waals surface area (Å²) in [7, 11) is 0. The minimum Gasteiger partial charge on any atom is -0.398 e. The van der Waals surface area contributed by atoms with E-state index in [1.165, 1.54) is 0 Å². The number of halogens is 1. The van der Waals surface area contributed by atoms with Gasteiger partial charge in [0.1, 0.15) is 5.69 Å². The molecule has 4 rings (SSSR count). The molecule has 7 nitrogen and oxygen atoms in total. The smallest absolute Gasteiger partial charge is 0.272 e. The lowest BCUT2D eigenvalue weighted by Gasteiger charge is -2.31. The molecule has 152 valence electrons. The number of hydrogen-bond donors (Lipinski definition) is 2. The molecule has 0 bridgehead atoms. The molecule has 0 saturated carbocycles. The molecule has 1 aliphatic heterocycles. The summed E-state index contributed by atoms with van der Waals surface area (Å²) < 4.78 is 1.71. The maximum atomic E-state index is 13.1. The van der Waals surface area contributed by atoms with Gasteiger partial charge in [0.15, 0.2) is 0 Å². The number of hydrogen-bond acceptors (Lipinski definition) is 5. The fraction of sp³-hybridized carbons (Fsp3) is 0.227. The van der Waals surface area contributed by atoms with Crippen LogP contribution in [0, 0.1) is 11.3 Å². The number of aliphatic hydroxyl groups excluding tert-OH is 1. The van der Waals surface area contributed by atoms with Crippen molar-refractivity contribution in [3.05, 3.63) is 69.9 Å². The second kappa shape index (κ2) is 7.82. The number of aliphatic hydroxyl groups is 1. The zero-order valence-electron chi connectivity index (χ0n) is 16.3. The minimum absolute atomic E-state index is 0.0315. The highest BCUT2D eigenvalue weighted by molar-refractivity contribution is 6.31. The van der Waals surface area contributed by atoms with Crippen LogP contribution in [0.4, 0.5) is 5.69 Å². The molecule has 1 aromatic heterocycles. The van der Waals surface area contributed by atoms with E-state index in [0.717, 1.165) is 5.56 Å². The molecule has 0 aliphatic carbocycles. The molecule has 0 radical (unpaired) electrons. The Kier molecular flexibility index (Phi) is 5.20. The van der Waals surface area contributed by atoms with Gasteiger partial charge in [0, 0.05) is 29.4 Å². The summed E-state index contributed by atoms with van der Waals surface area (Å²) in [6.07, 6.45) is 0. The Morgan fingerprint density at radius 3 is 2.70 bits per heavy atom. The Balaban J connectivity index is 1.68. The van der Waals surface area contributed by atoms with Gasteiger partial charge in [-0.15, -0.1) is 0 Å². The van der Waals surface area contributed by atoms with Crippen molar-refractivity contribution in [3.8, 4) is 17.3 Å². The zero-order chi connectivity index (χ0) is 21.4. The quantitative estimate of drug-likeness (QED) is 0.628. The molecule has 0 fully saturated rings. The number of nitrogen functional groups attached to an aromatic ring is 1. The van der Waals surface area contributed by atoms with Gasteiger partial charge in [-0.2, -0.15) is 10.4 Å². The van der Waals surface area contributed by atoms with E-state index in [1.807, 2.05) is 19.1 Å². The third-order valence-corrected chi connectivity index (χ3v) is 5.46. The van der Waals surface area contributed by atoms with Crippen molar-refractivity contribution in [3.63, 3.8) is 0 Å². The molecule has 2 heterocycles. The van der Waals surface area contributed by atoms with Gasteiger partial charge in [-0.1, -0.05) is 23.7 Å². The van der Waals surface area contributed by atoms with E-state index in [4.69, 9.17) is 22.6 Å². The van der Waals surface area contributed by atoms with Crippen LogP contribution in [-0.4, -0.2) is 32.2 Å². The molecular weight excluding hydrogens is 402 g/mol. The number of carbonyl (C=O) groups excluding carboxylic acids is 1. The topological polar surface area (TPSA) is 108 Å². The number of nitrogens with zero attached hydrogens (tertiary/aromatic N) is 4. The Bertz CT molecular complexity index is 1160. The van der Waals surface area contributed by atoms with Crippen LogP contribution < -0.4 is 5.73 Å². The number of carbonyl (C=O) groups is 1. The van der Waals surface area contributed by atoms with Gasteiger partial charge < -0.3 is 15.7 Å². The standard InChI is InChI=1S/C22H20ClN5O2/c1-13-10-27(11-15-4-2-14(9-24)3-5-15)22(30)20-8-19(26-28(13)20)21-16(12-29)6-17(23)7-18(21)25/h2-8,13,29H,10-12,25H2,1H3/t13-/m0/s1. The Hall–Kier alpha value is -3.34. The normalized spacial score (nSPS) is 15.7. The summed E-state index contributed by atoms with van der Waals surface area (Å²) in [6.45, 7) is 2.71. The number of nitrogens with two attached hydrogens (primary N) is 1. The Labute approximate surface area is 178 Å². The maximum Gasteiger partial charge on any atom is 0.272 e. The number of nitriles is 1. The highest BCUT2D eigenvalue weighted by atomic mass is 35.5. The van der Waals surface area contributed by atoms with Crippen LogP contribution in [0.1, 0.15) is 40.1 Å². The first-order valence-electron chi connectivity index (χ1n) is 9.48. The average Bonchev–Trinajstić information content (AvgIpc) is 3.17. The third-order valence-electron chi connectivity index (χ3n) is 5.24. The molecule has 8 heteroatoms. The number of rotatable bonds is 4. The lowest BCUT2D eigenvalue weighted by molar-refractivity contribution is 0.0651. The molecule has 2 aromatic carbocycles. The van der Waals surface area contributed by atoms with Gasteiger partial charge in [-0.25, -0.2) is 0 Å². The highest BCUT2D eigenvalue weighted by Gasteiger charge is 2.31. The van der Waals surface area contributed by atoms with Crippen LogP contribution in [0.3, 0.4) is 0 Å². The first kappa shape index (κ1) is 20.0. The third kappa shape index (κ3) is 3.52. The zero-order valence-corrected chi connectivity index (χ0v) is 17.1. The largest absolute Gasteiger partial charge is 0.398 e. The molecule has 1 aliphatic rings. The monoisotopic (exact) mass is 421 g/mol. The average molecular weight is 422 g/mol. The molecule has 1 atom stereocenters. The molecule has 0 saturated heterocycles. The number of benzene rings is 2. The van der Waals surface area contributed by atoms with Crippen LogP contribution in [-0.2, 0) is 13.2 Å². The second-order valence-electron chi connectivity index (χ2n) is 7.39. The fourth-order valence-corrected chi connectivity index (χ4v) is 4.07. The van der Waals surface area contributed by atoms with E-state index < -0.39 is 0 Å². The molecule has 1 amide bonds. The number of anilines is 1. The predicted molar refractivity (Wildman–Crippen MR) is 114 cm³/mol. The summed E-state index contributed by atoms with van der Waals surface area (Å²) in [6, 6.07) is 14.2. The van der Waals surface area contributed by atoms with E-state index in [-0.39, 0.29) is 18.6 Å². The summed E-state index contributed by atoms with van der Waals surface area (Å²) >= 11 is 6.06. The first-order valence-corrected chi connectivity index (χ1v) is 9.86. The molecule has 3 N–H and O–H groups in total.